The van der Waals surface area contributed by atoms with Crippen molar-refractivity contribution >= 4 is 17.9 Å². The van der Waals surface area contributed by atoms with Gasteiger partial charge in [-0.25, -0.2) is 4.79 Å². The Morgan fingerprint density at radius 3 is 1.64 bits per heavy atom. The fourth-order valence-electron chi connectivity index (χ4n) is 3.02. The maximum absolute atomic E-state index is 11.7. The Balaban J connectivity index is 3.47. The van der Waals surface area contributed by atoms with Crippen LogP contribution in [0.15, 0.2) is 0 Å². The summed E-state index contributed by atoms with van der Waals surface area (Å²) in [5, 5.41) is 0. The first-order valence-corrected chi connectivity index (χ1v) is 11.1. The van der Waals surface area contributed by atoms with Crippen molar-refractivity contribution in [2.45, 2.75) is 116 Å². The van der Waals surface area contributed by atoms with Crippen molar-refractivity contribution in [1.29, 1.82) is 0 Å². The predicted octanol–water partition coefficient (Wildman–Crippen LogP) is 4.82. The summed E-state index contributed by atoms with van der Waals surface area (Å²) in [6, 6.07) is -0.977. The molecule has 0 unspecified atom stereocenters. The van der Waals surface area contributed by atoms with E-state index in [9.17, 15) is 14.4 Å². The summed E-state index contributed by atoms with van der Waals surface area (Å²) < 4.78 is 9.21. The van der Waals surface area contributed by atoms with Crippen LogP contribution < -0.4 is 5.73 Å². The SMILES string of the molecule is CCCCCCCCCCCCCCCC(=O)OC(=O)[C@@H](N)CCC(=O)OC. The molecule has 0 fully saturated rings. The summed E-state index contributed by atoms with van der Waals surface area (Å²) >= 11 is 0. The number of rotatable bonds is 18. The second-order valence-electron chi connectivity index (χ2n) is 7.51. The van der Waals surface area contributed by atoms with E-state index in [0.717, 1.165) is 19.3 Å². The van der Waals surface area contributed by atoms with Crippen LogP contribution in [-0.4, -0.2) is 31.1 Å². The van der Waals surface area contributed by atoms with Crippen LogP contribution in [0.5, 0.6) is 0 Å². The minimum Gasteiger partial charge on any atom is -0.469 e. The second kappa shape index (κ2) is 18.9. The Morgan fingerprint density at radius 1 is 0.714 bits per heavy atom. The van der Waals surface area contributed by atoms with E-state index in [1.165, 1.54) is 71.3 Å². The van der Waals surface area contributed by atoms with Gasteiger partial charge in [0.15, 0.2) is 0 Å². The van der Waals surface area contributed by atoms with Gasteiger partial charge in [0.2, 0.25) is 0 Å². The summed E-state index contributed by atoms with van der Waals surface area (Å²) in [6.07, 6.45) is 16.4. The Labute approximate surface area is 170 Å². The highest BCUT2D eigenvalue weighted by Crippen LogP contribution is 2.13. The highest BCUT2D eigenvalue weighted by molar-refractivity contribution is 5.88. The van der Waals surface area contributed by atoms with Gasteiger partial charge in [0, 0.05) is 12.8 Å². The van der Waals surface area contributed by atoms with Gasteiger partial charge in [-0.05, 0) is 12.8 Å². The average molecular weight is 400 g/mol. The monoisotopic (exact) mass is 399 g/mol. The summed E-state index contributed by atoms with van der Waals surface area (Å²) in [4.78, 5) is 34.3. The van der Waals surface area contributed by atoms with Gasteiger partial charge in [-0.15, -0.1) is 0 Å². The van der Waals surface area contributed by atoms with Crippen LogP contribution in [0.25, 0.3) is 0 Å². The number of nitrogens with two attached hydrogens (primary N) is 1. The van der Waals surface area contributed by atoms with E-state index >= 15 is 0 Å². The van der Waals surface area contributed by atoms with E-state index in [4.69, 9.17) is 10.5 Å². The van der Waals surface area contributed by atoms with Crippen molar-refractivity contribution in [3.05, 3.63) is 0 Å². The second-order valence-corrected chi connectivity index (χ2v) is 7.51. The molecule has 0 spiro atoms. The molecule has 0 saturated carbocycles. The molecule has 6 nitrogen and oxygen atoms in total. The molecule has 164 valence electrons. The van der Waals surface area contributed by atoms with Crippen molar-refractivity contribution in [2.75, 3.05) is 7.11 Å². The van der Waals surface area contributed by atoms with Gasteiger partial charge in [-0.1, -0.05) is 84.0 Å². The third kappa shape index (κ3) is 16.7. The van der Waals surface area contributed by atoms with Gasteiger partial charge < -0.3 is 15.2 Å². The first kappa shape index (κ1) is 26.6. The van der Waals surface area contributed by atoms with Gasteiger partial charge in [0.05, 0.1) is 7.11 Å². The number of hydrogen-bond acceptors (Lipinski definition) is 6. The number of methoxy groups -OCH3 is 1. The summed E-state index contributed by atoms with van der Waals surface area (Å²) in [5.74, 6) is -1.76. The largest absolute Gasteiger partial charge is 0.469 e. The standard InChI is InChI=1S/C22H41NO5/c1-3-4-5-6-7-8-9-10-11-12-13-14-15-16-21(25)28-22(26)19(23)17-18-20(24)27-2/h19H,3-18,23H2,1-2H3/t19-/m0/s1. The van der Waals surface area contributed by atoms with Crippen molar-refractivity contribution in [1.82, 2.24) is 0 Å². The van der Waals surface area contributed by atoms with E-state index in [1.807, 2.05) is 0 Å². The predicted molar refractivity (Wildman–Crippen MR) is 111 cm³/mol. The van der Waals surface area contributed by atoms with Crippen LogP contribution in [-0.2, 0) is 23.9 Å². The summed E-state index contributed by atoms with van der Waals surface area (Å²) in [7, 11) is 1.27. The zero-order chi connectivity index (χ0) is 21.0. The zero-order valence-electron chi connectivity index (χ0n) is 18.0. The number of ether oxygens (including phenoxy) is 2. The molecule has 6 heteroatoms. The molecular formula is C22H41NO5. The molecule has 0 rings (SSSR count). The fourth-order valence-corrected chi connectivity index (χ4v) is 3.02. The molecule has 0 radical (unpaired) electrons. The van der Waals surface area contributed by atoms with Crippen LogP contribution in [0, 0.1) is 0 Å². The third-order valence-electron chi connectivity index (χ3n) is 4.89. The van der Waals surface area contributed by atoms with Crippen LogP contribution in [0.1, 0.15) is 110 Å². The Kier molecular flexibility index (Phi) is 17.9. The minimum absolute atomic E-state index is 0.0276. The van der Waals surface area contributed by atoms with Gasteiger partial charge in [0.25, 0.3) is 0 Å². The minimum atomic E-state index is -0.977. The number of hydrogen-bond donors (Lipinski definition) is 1. The average Bonchev–Trinajstić information content (AvgIpc) is 2.69. The van der Waals surface area contributed by atoms with Crippen molar-refractivity contribution in [3.8, 4) is 0 Å². The molecule has 0 saturated heterocycles. The fraction of sp³-hybridized carbons (Fsp3) is 0.864. The first-order valence-electron chi connectivity index (χ1n) is 11.1. The van der Waals surface area contributed by atoms with Crippen molar-refractivity contribution in [2.24, 2.45) is 5.73 Å². The van der Waals surface area contributed by atoms with E-state index in [-0.39, 0.29) is 19.3 Å². The zero-order valence-corrected chi connectivity index (χ0v) is 18.0. The van der Waals surface area contributed by atoms with Gasteiger partial charge in [-0.3, -0.25) is 9.59 Å². The number of carbonyl (C=O) groups excluding carboxylic acids is 3. The van der Waals surface area contributed by atoms with Crippen molar-refractivity contribution in [3.63, 3.8) is 0 Å². The molecule has 0 aliphatic rings. The van der Waals surface area contributed by atoms with Crippen LogP contribution in [0.3, 0.4) is 0 Å². The quantitative estimate of drug-likeness (QED) is 0.202. The Bertz CT molecular complexity index is 425. The van der Waals surface area contributed by atoms with Gasteiger partial charge >= 0.3 is 17.9 Å². The number of carbonyl (C=O) groups is 3. The summed E-state index contributed by atoms with van der Waals surface area (Å²) in [5.41, 5.74) is 5.61. The Morgan fingerprint density at radius 2 is 1.18 bits per heavy atom. The normalized spacial score (nSPS) is 11.8. The smallest absolute Gasteiger partial charge is 0.330 e. The van der Waals surface area contributed by atoms with E-state index in [0.29, 0.717) is 0 Å². The van der Waals surface area contributed by atoms with E-state index in [1.54, 1.807) is 0 Å². The Hall–Kier alpha value is -1.43. The topological polar surface area (TPSA) is 95.7 Å². The van der Waals surface area contributed by atoms with Crippen molar-refractivity contribution < 1.29 is 23.9 Å². The lowest BCUT2D eigenvalue weighted by Crippen LogP contribution is -2.34. The van der Waals surface area contributed by atoms with Crippen LogP contribution in [0.2, 0.25) is 0 Å². The van der Waals surface area contributed by atoms with Crippen LogP contribution in [0.4, 0.5) is 0 Å². The molecule has 0 aromatic heterocycles. The number of esters is 3. The lowest BCUT2D eigenvalue weighted by atomic mass is 10.0. The molecule has 2 N–H and O–H groups in total. The van der Waals surface area contributed by atoms with Gasteiger partial charge in [-0.2, -0.15) is 0 Å². The molecule has 0 aromatic rings. The first-order chi connectivity index (χ1) is 13.5. The lowest BCUT2D eigenvalue weighted by Gasteiger charge is -2.09. The van der Waals surface area contributed by atoms with E-state index < -0.39 is 23.9 Å². The molecule has 0 amide bonds. The van der Waals surface area contributed by atoms with Crippen LogP contribution >= 0.6 is 0 Å². The maximum atomic E-state index is 11.7. The molecule has 28 heavy (non-hydrogen) atoms. The van der Waals surface area contributed by atoms with Gasteiger partial charge in [0.1, 0.15) is 6.04 Å². The highest BCUT2D eigenvalue weighted by atomic mass is 16.6. The highest BCUT2D eigenvalue weighted by Gasteiger charge is 2.19. The summed E-state index contributed by atoms with van der Waals surface area (Å²) in [6.45, 7) is 2.24. The molecule has 0 bridgehead atoms. The lowest BCUT2D eigenvalue weighted by molar-refractivity contribution is -0.160. The molecular weight excluding hydrogens is 358 g/mol. The third-order valence-corrected chi connectivity index (χ3v) is 4.89. The number of unbranched alkanes of at least 4 members (excludes halogenated alkanes) is 12. The maximum Gasteiger partial charge on any atom is 0.330 e. The van der Waals surface area contributed by atoms with E-state index in [2.05, 4.69) is 11.7 Å². The molecule has 1 atom stereocenters. The molecule has 0 aromatic carbocycles. The molecule has 0 heterocycles. The molecule has 0 aliphatic carbocycles. The molecule has 0 aliphatic heterocycles.